The molecule has 2 aromatic rings. The molecule has 2 rings (SSSR count). The summed E-state index contributed by atoms with van der Waals surface area (Å²) in [5.74, 6) is 0. The van der Waals surface area contributed by atoms with E-state index in [1.807, 2.05) is 0 Å². The van der Waals surface area contributed by atoms with Gasteiger partial charge in [0, 0.05) is 51.0 Å². The minimum absolute atomic E-state index is 0.847. The van der Waals surface area contributed by atoms with Crippen molar-refractivity contribution in [3.8, 4) is 0 Å². The number of rotatable bonds is 6. The van der Waals surface area contributed by atoms with Crippen molar-refractivity contribution in [2.24, 2.45) is 0 Å². The van der Waals surface area contributed by atoms with Gasteiger partial charge in [0.25, 0.3) is 0 Å². The van der Waals surface area contributed by atoms with Crippen LogP contribution in [0.4, 0.5) is 0 Å². The molecule has 0 saturated carbocycles. The van der Waals surface area contributed by atoms with Gasteiger partial charge in [0.05, 0.1) is 0 Å². The largest absolute Gasteiger partial charge is 0.207 e. The first-order chi connectivity index (χ1) is 10.6. The predicted octanol–water partition coefficient (Wildman–Crippen LogP) is 2.52. The molecule has 22 heavy (non-hydrogen) atoms. The maximum Gasteiger partial charge on any atom is 0.207 e. The fraction of sp³-hybridized carbons (Fsp3) is 0.474. The first-order valence-corrected chi connectivity index (χ1v) is 8.25. The highest BCUT2D eigenvalue weighted by Crippen LogP contribution is 2.03. The van der Waals surface area contributed by atoms with E-state index in [-0.39, 0.29) is 0 Å². The quantitative estimate of drug-likeness (QED) is 0.813. The Morgan fingerprint density at radius 3 is 2.09 bits per heavy atom. The van der Waals surface area contributed by atoms with Crippen molar-refractivity contribution in [2.45, 2.75) is 60.8 Å². The lowest BCUT2D eigenvalue weighted by molar-refractivity contribution is -0.746. The molecule has 0 atom stereocenters. The maximum atomic E-state index is 3.59. The van der Waals surface area contributed by atoms with Gasteiger partial charge in [-0.2, -0.15) is 9.13 Å². The van der Waals surface area contributed by atoms with Gasteiger partial charge in [0.1, 0.15) is 0 Å². The summed E-state index contributed by atoms with van der Waals surface area (Å²) in [6.45, 7) is 12.6. The smallest absolute Gasteiger partial charge is 0.204 e. The molecule has 1 N–H and O–H groups in total. The lowest BCUT2D eigenvalue weighted by Crippen LogP contribution is -2.53. The van der Waals surface area contributed by atoms with Crippen LogP contribution in [0.15, 0.2) is 30.3 Å². The molecule has 0 aliphatic rings. The Kier molecular flexibility index (Phi) is 5.67. The highest BCUT2D eigenvalue weighted by atomic mass is 15.2. The van der Waals surface area contributed by atoms with E-state index >= 15 is 0 Å². The van der Waals surface area contributed by atoms with Crippen LogP contribution in [-0.2, 0) is 26.2 Å². The molecule has 0 saturated heterocycles. The van der Waals surface area contributed by atoms with Crippen molar-refractivity contribution in [3.05, 3.63) is 58.7 Å². The molecule has 0 spiro atoms. The maximum absolute atomic E-state index is 3.59. The highest BCUT2D eigenvalue weighted by molar-refractivity contribution is 5.14. The van der Waals surface area contributed by atoms with Crippen molar-refractivity contribution in [1.82, 2.24) is 5.32 Å². The van der Waals surface area contributed by atoms with Crippen molar-refractivity contribution in [1.29, 1.82) is 0 Å². The summed E-state index contributed by atoms with van der Waals surface area (Å²) in [6.07, 6.45) is 2.11. The Hall–Kier alpha value is -1.74. The summed E-state index contributed by atoms with van der Waals surface area (Å²) in [4.78, 5) is 0. The molecule has 3 nitrogen and oxygen atoms in total. The molecular formula is C19H29N3+2. The molecule has 2 aromatic heterocycles. The normalized spacial score (nSPS) is 11.0. The van der Waals surface area contributed by atoms with E-state index in [0.717, 1.165) is 26.2 Å². The number of hydrogen-bond acceptors (Lipinski definition) is 1. The molecule has 0 aliphatic heterocycles. The van der Waals surface area contributed by atoms with Gasteiger partial charge in [-0.15, -0.1) is 0 Å². The molecule has 0 bridgehead atoms. The molecule has 0 aromatic carbocycles. The third-order valence-corrected chi connectivity index (χ3v) is 4.27. The lowest BCUT2D eigenvalue weighted by Gasteiger charge is -2.09. The Labute approximate surface area is 134 Å². The number of nitrogens with zero attached hydrogens (tertiary/aromatic N) is 2. The summed E-state index contributed by atoms with van der Waals surface area (Å²) >= 11 is 0. The fourth-order valence-electron chi connectivity index (χ4n) is 3.05. The standard InChI is InChI=1S/C19H29N3/c1-6-18-10-8-9-16(4)21(18)13-20-14-22-17(5)11-15(3)12-19(22)7-2/h8-12,20H,6-7,13-14H2,1-5H3/q+2. The van der Waals surface area contributed by atoms with Crippen molar-refractivity contribution in [3.63, 3.8) is 0 Å². The monoisotopic (exact) mass is 299 g/mol. The number of aryl methyl sites for hydroxylation is 5. The van der Waals surface area contributed by atoms with Crippen LogP contribution in [0, 0.1) is 20.8 Å². The van der Waals surface area contributed by atoms with Crippen LogP contribution < -0.4 is 14.5 Å². The van der Waals surface area contributed by atoms with Crippen molar-refractivity contribution in [2.75, 3.05) is 0 Å². The number of hydrogen-bond donors (Lipinski definition) is 1. The van der Waals surface area contributed by atoms with Crippen LogP contribution in [-0.4, -0.2) is 0 Å². The lowest BCUT2D eigenvalue weighted by atomic mass is 10.2. The van der Waals surface area contributed by atoms with E-state index in [1.165, 1.54) is 28.3 Å². The second-order valence-electron chi connectivity index (χ2n) is 5.95. The van der Waals surface area contributed by atoms with Gasteiger partial charge >= 0.3 is 0 Å². The van der Waals surface area contributed by atoms with E-state index in [1.54, 1.807) is 0 Å². The van der Waals surface area contributed by atoms with Crippen LogP contribution >= 0.6 is 0 Å². The van der Waals surface area contributed by atoms with Crippen LogP contribution in [0.2, 0.25) is 0 Å². The Morgan fingerprint density at radius 2 is 1.45 bits per heavy atom. The molecular weight excluding hydrogens is 270 g/mol. The zero-order valence-corrected chi connectivity index (χ0v) is 14.6. The molecule has 0 aliphatic carbocycles. The number of pyridine rings is 2. The Balaban J connectivity index is 2.12. The summed E-state index contributed by atoms with van der Waals surface area (Å²) in [7, 11) is 0. The zero-order chi connectivity index (χ0) is 16.1. The van der Waals surface area contributed by atoms with Gasteiger partial charge in [0.2, 0.25) is 13.3 Å². The molecule has 0 unspecified atom stereocenters. The SMILES string of the molecule is CCc1cccc(C)[n+]1CNC[n+]1c(C)cc(C)cc1CC. The van der Waals surface area contributed by atoms with Crippen molar-refractivity contribution < 1.29 is 9.13 Å². The van der Waals surface area contributed by atoms with Gasteiger partial charge in [-0.25, -0.2) is 5.32 Å². The van der Waals surface area contributed by atoms with Gasteiger partial charge in [-0.05, 0) is 18.6 Å². The third kappa shape index (κ3) is 3.72. The zero-order valence-electron chi connectivity index (χ0n) is 14.6. The van der Waals surface area contributed by atoms with Crippen LogP contribution in [0.25, 0.3) is 0 Å². The molecule has 0 radical (unpaired) electrons. The second kappa shape index (κ2) is 7.50. The summed E-state index contributed by atoms with van der Waals surface area (Å²) in [6, 6.07) is 11.0. The van der Waals surface area contributed by atoms with Gasteiger partial charge in [-0.1, -0.05) is 13.8 Å². The van der Waals surface area contributed by atoms with E-state index in [9.17, 15) is 0 Å². The Morgan fingerprint density at radius 1 is 0.818 bits per heavy atom. The van der Waals surface area contributed by atoms with E-state index in [0.29, 0.717) is 0 Å². The first-order valence-electron chi connectivity index (χ1n) is 8.25. The van der Waals surface area contributed by atoms with Crippen LogP contribution in [0.3, 0.4) is 0 Å². The van der Waals surface area contributed by atoms with Crippen molar-refractivity contribution >= 4 is 0 Å². The topological polar surface area (TPSA) is 19.8 Å². The highest BCUT2D eigenvalue weighted by Gasteiger charge is 2.16. The van der Waals surface area contributed by atoms with Gasteiger partial charge < -0.3 is 0 Å². The third-order valence-electron chi connectivity index (χ3n) is 4.27. The summed E-state index contributed by atoms with van der Waals surface area (Å²) in [5.41, 5.74) is 6.71. The number of aromatic nitrogens is 2. The van der Waals surface area contributed by atoms with Gasteiger partial charge in [0.15, 0.2) is 22.8 Å². The minimum Gasteiger partial charge on any atom is -0.204 e. The molecule has 2 heterocycles. The molecule has 118 valence electrons. The average molecular weight is 299 g/mol. The predicted molar refractivity (Wildman–Crippen MR) is 89.4 cm³/mol. The average Bonchev–Trinajstić information content (AvgIpc) is 2.50. The first kappa shape index (κ1) is 16.6. The van der Waals surface area contributed by atoms with E-state index in [4.69, 9.17) is 0 Å². The molecule has 3 heteroatoms. The van der Waals surface area contributed by atoms with E-state index in [2.05, 4.69) is 79.4 Å². The summed E-state index contributed by atoms with van der Waals surface area (Å²) in [5, 5.41) is 3.59. The second-order valence-corrected chi connectivity index (χ2v) is 5.95. The van der Waals surface area contributed by atoms with Crippen LogP contribution in [0.5, 0.6) is 0 Å². The Bertz CT molecular complexity index is 647. The molecule has 0 fully saturated rings. The molecule has 0 amide bonds. The van der Waals surface area contributed by atoms with Crippen LogP contribution in [0.1, 0.15) is 42.2 Å². The van der Waals surface area contributed by atoms with Gasteiger partial charge in [-0.3, -0.25) is 0 Å². The van der Waals surface area contributed by atoms with E-state index < -0.39 is 0 Å². The summed E-state index contributed by atoms with van der Waals surface area (Å²) < 4.78 is 4.73. The minimum atomic E-state index is 0.847. The number of nitrogens with one attached hydrogen (secondary N) is 1. The fourth-order valence-corrected chi connectivity index (χ4v) is 3.05.